The number of ether oxygens (including phenoxy) is 2. The van der Waals surface area contributed by atoms with Gasteiger partial charge in [0.15, 0.2) is 0 Å². The summed E-state index contributed by atoms with van der Waals surface area (Å²) in [6.45, 7) is 0. The van der Waals surface area contributed by atoms with Crippen LogP contribution in [0.1, 0.15) is 42.0 Å². The number of fused-ring (bicyclic) bond motifs is 1. The fourth-order valence-corrected chi connectivity index (χ4v) is 5.33. The van der Waals surface area contributed by atoms with Crippen LogP contribution in [0.25, 0.3) is 12.2 Å². The molecule has 9 nitrogen and oxygen atoms in total. The Morgan fingerprint density at radius 2 is 1.61 bits per heavy atom. The normalized spacial score (nSPS) is 19.2. The quantitative estimate of drug-likeness (QED) is 0.147. The number of carbonyl (C=O) groups excluding carboxylic acids is 1. The summed E-state index contributed by atoms with van der Waals surface area (Å²) in [7, 11) is 3.23. The fourth-order valence-electron chi connectivity index (χ4n) is 5.33. The van der Waals surface area contributed by atoms with E-state index < -0.39 is 16.9 Å². The highest BCUT2D eigenvalue weighted by Gasteiger charge is 2.44. The lowest BCUT2D eigenvalue weighted by Crippen LogP contribution is -2.32. The van der Waals surface area contributed by atoms with Crippen molar-refractivity contribution in [1.82, 2.24) is 5.01 Å². The molecular weight excluding hydrogens is 520 g/mol. The van der Waals surface area contributed by atoms with Gasteiger partial charge in [0.25, 0.3) is 11.6 Å². The lowest BCUT2D eigenvalue weighted by Gasteiger charge is -2.29. The number of nitro benzene ring substituents is 1. The molecule has 2 aliphatic rings. The molecule has 3 aromatic carbocycles. The zero-order chi connectivity index (χ0) is 28.9. The highest BCUT2D eigenvalue weighted by atomic mass is 16.6. The third-order valence-corrected chi connectivity index (χ3v) is 7.39. The number of hydrogen-bond donors (Lipinski definition) is 0. The number of allylic oxidation sites excluding steroid dienone is 1. The molecule has 1 amide bonds. The van der Waals surface area contributed by atoms with E-state index in [1.54, 1.807) is 14.2 Å². The summed E-state index contributed by atoms with van der Waals surface area (Å²) in [5.74, 6) is 0.889. The average Bonchev–Trinajstić information content (AvgIpc) is 3.41. The van der Waals surface area contributed by atoms with Gasteiger partial charge in [0.2, 0.25) is 0 Å². The van der Waals surface area contributed by atoms with Crippen molar-refractivity contribution in [3.63, 3.8) is 0 Å². The van der Waals surface area contributed by atoms with Crippen molar-refractivity contribution in [3.8, 4) is 17.6 Å². The van der Waals surface area contributed by atoms with E-state index >= 15 is 0 Å². The molecule has 0 saturated heterocycles. The predicted molar refractivity (Wildman–Crippen MR) is 155 cm³/mol. The molecule has 1 heterocycles. The molecular formula is C32H28N4O5. The summed E-state index contributed by atoms with van der Waals surface area (Å²) < 4.78 is 10.6. The molecule has 0 radical (unpaired) electrons. The molecule has 0 aromatic heterocycles. The molecule has 0 spiro atoms. The van der Waals surface area contributed by atoms with E-state index in [2.05, 4.69) is 6.08 Å². The number of nitrogens with zero attached hydrogens (tertiary/aromatic N) is 4. The monoisotopic (exact) mass is 548 g/mol. The van der Waals surface area contributed by atoms with E-state index in [1.165, 1.54) is 35.4 Å². The van der Waals surface area contributed by atoms with Gasteiger partial charge < -0.3 is 9.47 Å². The second kappa shape index (κ2) is 11.9. The minimum absolute atomic E-state index is 0.0510. The zero-order valence-electron chi connectivity index (χ0n) is 22.7. The Bertz CT molecular complexity index is 1580. The van der Waals surface area contributed by atoms with Crippen molar-refractivity contribution in [2.45, 2.75) is 25.3 Å². The maximum atomic E-state index is 13.9. The van der Waals surface area contributed by atoms with Crippen LogP contribution in [0, 0.1) is 27.4 Å². The van der Waals surface area contributed by atoms with Crippen LogP contribution in [0.5, 0.6) is 11.5 Å². The smallest absolute Gasteiger partial charge is 0.285 e. The maximum absolute atomic E-state index is 13.9. The second-order valence-corrected chi connectivity index (χ2v) is 9.81. The molecule has 1 fully saturated rings. The first-order valence-corrected chi connectivity index (χ1v) is 13.2. The largest absolute Gasteiger partial charge is 0.497 e. The first kappa shape index (κ1) is 27.3. The molecule has 1 aliphatic carbocycles. The number of rotatable bonds is 7. The molecule has 9 heteroatoms. The molecule has 2 unspecified atom stereocenters. The zero-order valence-corrected chi connectivity index (χ0v) is 22.7. The van der Waals surface area contributed by atoms with E-state index in [0.717, 1.165) is 47.4 Å². The van der Waals surface area contributed by atoms with E-state index in [0.29, 0.717) is 11.3 Å². The Labute approximate surface area is 237 Å². The minimum Gasteiger partial charge on any atom is -0.497 e. The third-order valence-electron chi connectivity index (χ3n) is 7.39. The van der Waals surface area contributed by atoms with Crippen LogP contribution in [-0.2, 0) is 4.79 Å². The number of carbonyl (C=O) groups is 1. The van der Waals surface area contributed by atoms with Crippen molar-refractivity contribution in [2.75, 3.05) is 14.2 Å². The van der Waals surface area contributed by atoms with Gasteiger partial charge in [0.1, 0.15) is 23.1 Å². The van der Waals surface area contributed by atoms with Crippen LogP contribution in [0.3, 0.4) is 0 Å². The van der Waals surface area contributed by atoms with Crippen molar-refractivity contribution in [3.05, 3.63) is 111 Å². The van der Waals surface area contributed by atoms with Gasteiger partial charge in [0.05, 0.1) is 30.9 Å². The first-order valence-electron chi connectivity index (χ1n) is 13.2. The highest BCUT2D eigenvalue weighted by molar-refractivity contribution is 6.10. The van der Waals surface area contributed by atoms with Gasteiger partial charge in [-0.2, -0.15) is 10.4 Å². The summed E-state index contributed by atoms with van der Waals surface area (Å²) in [5, 5.41) is 27.3. The number of non-ortho nitro benzene ring substituents is 1. The molecule has 41 heavy (non-hydrogen) atoms. The van der Waals surface area contributed by atoms with E-state index in [4.69, 9.17) is 14.6 Å². The van der Waals surface area contributed by atoms with Gasteiger partial charge >= 0.3 is 0 Å². The van der Waals surface area contributed by atoms with E-state index in [9.17, 15) is 20.2 Å². The Hall–Kier alpha value is -5.23. The lowest BCUT2D eigenvalue weighted by molar-refractivity contribution is -0.384. The number of benzene rings is 3. The molecule has 5 rings (SSSR count). The second-order valence-electron chi connectivity index (χ2n) is 9.81. The van der Waals surface area contributed by atoms with Crippen LogP contribution < -0.4 is 9.47 Å². The fraction of sp³-hybridized carbons (Fsp3) is 0.219. The summed E-state index contributed by atoms with van der Waals surface area (Å²) in [5.41, 5.74) is 4.11. The van der Waals surface area contributed by atoms with E-state index in [-0.39, 0.29) is 17.2 Å². The van der Waals surface area contributed by atoms with Crippen LogP contribution >= 0.6 is 0 Å². The summed E-state index contributed by atoms with van der Waals surface area (Å²) >= 11 is 0. The number of nitriles is 1. The Kier molecular flexibility index (Phi) is 7.92. The SMILES string of the molecule is COc1ccc(C=C2CCCC3C2=NN(C(=O)C(C#N)=Cc2ccc([N+](=O)[O-])cc2)C3c2ccc(OC)cc2)cc1. The third kappa shape index (κ3) is 5.72. The number of nitro groups is 1. The maximum Gasteiger partial charge on any atom is 0.285 e. The number of hydrogen-bond acceptors (Lipinski definition) is 7. The van der Waals surface area contributed by atoms with Crippen molar-refractivity contribution in [1.29, 1.82) is 5.26 Å². The minimum atomic E-state index is -0.530. The summed E-state index contributed by atoms with van der Waals surface area (Å²) in [6.07, 6.45) is 6.13. The lowest BCUT2D eigenvalue weighted by atomic mass is 9.77. The molecule has 1 saturated carbocycles. The van der Waals surface area contributed by atoms with Crippen molar-refractivity contribution < 1.29 is 19.2 Å². The molecule has 2 atom stereocenters. The Balaban J connectivity index is 1.54. The topological polar surface area (TPSA) is 118 Å². The number of methoxy groups -OCH3 is 2. The van der Waals surface area contributed by atoms with Crippen LogP contribution in [0.15, 0.2) is 89.0 Å². The molecule has 0 N–H and O–H groups in total. The van der Waals surface area contributed by atoms with Gasteiger partial charge in [0, 0.05) is 18.1 Å². The molecule has 3 aromatic rings. The van der Waals surface area contributed by atoms with Gasteiger partial charge in [-0.3, -0.25) is 14.9 Å². The predicted octanol–water partition coefficient (Wildman–Crippen LogP) is 6.34. The Morgan fingerprint density at radius 3 is 2.20 bits per heavy atom. The number of amides is 1. The summed E-state index contributed by atoms with van der Waals surface area (Å²) in [6, 6.07) is 22.6. The standard InChI is InChI=1S/C32H28N4O5/c1-40-27-14-8-22(9-15-27)18-24-4-3-5-29-30(24)34-35(31(29)23-10-16-28(41-2)17-11-23)32(37)25(20-33)19-21-6-12-26(13-7-21)36(38)39/h6-19,29,31H,3-5H2,1-2H3. The highest BCUT2D eigenvalue weighted by Crippen LogP contribution is 2.45. The van der Waals surface area contributed by atoms with Gasteiger partial charge in [-0.15, -0.1) is 0 Å². The average molecular weight is 549 g/mol. The Morgan fingerprint density at radius 1 is 1.00 bits per heavy atom. The summed E-state index contributed by atoms with van der Waals surface area (Å²) in [4.78, 5) is 24.4. The van der Waals surface area contributed by atoms with Gasteiger partial charge in [-0.1, -0.05) is 24.3 Å². The molecule has 1 aliphatic heterocycles. The van der Waals surface area contributed by atoms with Crippen LogP contribution in [0.2, 0.25) is 0 Å². The van der Waals surface area contributed by atoms with E-state index in [1.807, 2.05) is 54.6 Å². The van der Waals surface area contributed by atoms with Gasteiger partial charge in [-0.05, 0) is 90.1 Å². The first-order chi connectivity index (χ1) is 19.9. The molecule has 206 valence electrons. The van der Waals surface area contributed by atoms with Crippen LogP contribution in [-0.4, -0.2) is 35.8 Å². The van der Waals surface area contributed by atoms with Crippen LogP contribution in [0.4, 0.5) is 5.69 Å². The number of hydrazone groups is 1. The van der Waals surface area contributed by atoms with Crippen molar-refractivity contribution >= 4 is 29.5 Å². The van der Waals surface area contributed by atoms with Gasteiger partial charge in [-0.25, -0.2) is 5.01 Å². The van der Waals surface area contributed by atoms with Crippen molar-refractivity contribution in [2.24, 2.45) is 11.0 Å². The molecule has 0 bridgehead atoms.